The topological polar surface area (TPSA) is 108 Å². The van der Waals surface area contributed by atoms with E-state index in [2.05, 4.69) is 0 Å². The lowest BCUT2D eigenvalue weighted by Gasteiger charge is -2.22. The minimum absolute atomic E-state index is 0.0613. The van der Waals surface area contributed by atoms with Crippen molar-refractivity contribution in [3.05, 3.63) is 60.2 Å². The molecule has 0 N–H and O–H groups in total. The molecule has 0 aliphatic rings. The van der Waals surface area contributed by atoms with E-state index in [9.17, 15) is 18.0 Å². The summed E-state index contributed by atoms with van der Waals surface area (Å²) in [6, 6.07) is 16.9. The van der Waals surface area contributed by atoms with Crippen molar-refractivity contribution in [3.63, 3.8) is 0 Å². The Hall–Kier alpha value is -3.22. The Morgan fingerprint density at radius 3 is 2.30 bits per heavy atom. The Labute approximate surface area is 176 Å². The van der Waals surface area contributed by atoms with E-state index in [1.807, 2.05) is 13.0 Å². The summed E-state index contributed by atoms with van der Waals surface area (Å²) in [5.41, 5.74) is 1.49. The first-order chi connectivity index (χ1) is 14.3. The van der Waals surface area contributed by atoms with Gasteiger partial charge in [0.25, 0.3) is 5.91 Å². The molecule has 0 radical (unpaired) electrons. The van der Waals surface area contributed by atoms with Crippen LogP contribution in [0.1, 0.15) is 12.0 Å². The van der Waals surface area contributed by atoms with E-state index < -0.39 is 35.1 Å². The van der Waals surface area contributed by atoms with E-state index in [4.69, 9.17) is 10.00 Å². The van der Waals surface area contributed by atoms with E-state index in [0.717, 1.165) is 9.87 Å². The Morgan fingerprint density at radius 2 is 1.70 bits per heavy atom. The van der Waals surface area contributed by atoms with Crippen molar-refractivity contribution in [2.24, 2.45) is 0 Å². The van der Waals surface area contributed by atoms with Crippen LogP contribution in [0.4, 0.5) is 5.69 Å². The second kappa shape index (κ2) is 10.5. The summed E-state index contributed by atoms with van der Waals surface area (Å²) < 4.78 is 30.9. The first-order valence-electron chi connectivity index (χ1n) is 9.16. The number of rotatable bonds is 9. The van der Waals surface area contributed by atoms with Gasteiger partial charge < -0.3 is 9.64 Å². The zero-order chi connectivity index (χ0) is 22.1. The van der Waals surface area contributed by atoms with Crippen molar-refractivity contribution in [3.8, 4) is 6.07 Å². The number of ether oxygens (including phenoxy) is 1. The Bertz CT molecular complexity index is 1010. The molecule has 0 saturated heterocycles. The molecule has 0 spiro atoms. The highest BCUT2D eigenvalue weighted by molar-refractivity contribution is 7.89. The van der Waals surface area contributed by atoms with Crippen LogP contribution in [-0.2, 0) is 24.3 Å². The van der Waals surface area contributed by atoms with Crippen LogP contribution in [0.2, 0.25) is 0 Å². The van der Waals surface area contributed by atoms with Crippen molar-refractivity contribution in [1.82, 2.24) is 4.31 Å². The molecule has 0 unspecified atom stereocenters. The molecule has 0 aliphatic carbocycles. The lowest BCUT2D eigenvalue weighted by atomic mass is 10.2. The van der Waals surface area contributed by atoms with E-state index in [-0.39, 0.29) is 17.9 Å². The van der Waals surface area contributed by atoms with Crippen LogP contribution in [0.25, 0.3) is 0 Å². The first-order valence-corrected chi connectivity index (χ1v) is 10.6. The maximum absolute atomic E-state index is 12.5. The Balaban J connectivity index is 1.97. The minimum atomic E-state index is -3.86. The van der Waals surface area contributed by atoms with Crippen LogP contribution < -0.4 is 4.90 Å². The molecule has 0 aromatic heterocycles. The third-order valence-electron chi connectivity index (χ3n) is 4.25. The molecule has 0 heterocycles. The SMILES string of the molecule is Cc1ccc(S(=O)(=O)N(C)CC(=O)OCC(=O)N(CCC#N)c2ccccc2)cc1. The fourth-order valence-corrected chi connectivity index (χ4v) is 3.71. The van der Waals surface area contributed by atoms with Gasteiger partial charge in [-0.15, -0.1) is 0 Å². The second-order valence-electron chi connectivity index (χ2n) is 6.52. The predicted octanol–water partition coefficient (Wildman–Crippen LogP) is 2.11. The third kappa shape index (κ3) is 6.14. The highest BCUT2D eigenvalue weighted by Gasteiger charge is 2.24. The van der Waals surface area contributed by atoms with Crippen molar-refractivity contribution in [2.45, 2.75) is 18.2 Å². The maximum atomic E-state index is 12.5. The highest BCUT2D eigenvalue weighted by atomic mass is 32.2. The van der Waals surface area contributed by atoms with Crippen molar-refractivity contribution < 1.29 is 22.7 Å². The lowest BCUT2D eigenvalue weighted by molar-refractivity contribution is -0.147. The molecular weight excluding hydrogens is 406 g/mol. The fraction of sp³-hybridized carbons (Fsp3) is 0.286. The van der Waals surface area contributed by atoms with Gasteiger partial charge in [0.1, 0.15) is 6.54 Å². The number of hydrogen-bond donors (Lipinski definition) is 0. The fourth-order valence-electron chi connectivity index (χ4n) is 2.59. The van der Waals surface area contributed by atoms with Gasteiger partial charge in [-0.25, -0.2) is 8.42 Å². The molecule has 8 nitrogen and oxygen atoms in total. The quantitative estimate of drug-likeness (QED) is 0.565. The van der Waals surface area contributed by atoms with Gasteiger partial charge in [-0.1, -0.05) is 35.9 Å². The molecule has 30 heavy (non-hydrogen) atoms. The van der Waals surface area contributed by atoms with Crippen molar-refractivity contribution in [2.75, 3.05) is 31.6 Å². The lowest BCUT2D eigenvalue weighted by Crippen LogP contribution is -2.37. The molecule has 0 fully saturated rings. The summed E-state index contributed by atoms with van der Waals surface area (Å²) in [5, 5.41) is 8.81. The van der Waals surface area contributed by atoms with Gasteiger partial charge in [0, 0.05) is 19.3 Å². The van der Waals surface area contributed by atoms with Crippen LogP contribution in [0.5, 0.6) is 0 Å². The highest BCUT2D eigenvalue weighted by Crippen LogP contribution is 2.16. The first kappa shape index (κ1) is 23.1. The normalized spacial score (nSPS) is 11.0. The number of esters is 1. The van der Waals surface area contributed by atoms with Gasteiger partial charge in [-0.2, -0.15) is 9.57 Å². The largest absolute Gasteiger partial charge is 0.455 e. The molecule has 2 aromatic rings. The standard InChI is InChI=1S/C21H23N3O5S/c1-17-9-11-19(12-10-17)30(27,28)23(2)15-21(26)29-16-20(25)24(14-6-13-22)18-7-4-3-5-8-18/h3-5,7-12H,6,14-16H2,1-2H3. The van der Waals surface area contributed by atoms with E-state index in [1.165, 1.54) is 24.1 Å². The zero-order valence-corrected chi connectivity index (χ0v) is 17.6. The van der Waals surface area contributed by atoms with E-state index >= 15 is 0 Å². The Morgan fingerprint density at radius 1 is 1.07 bits per heavy atom. The number of likely N-dealkylation sites (N-methyl/N-ethyl adjacent to an activating group) is 1. The molecule has 0 bridgehead atoms. The average Bonchev–Trinajstić information content (AvgIpc) is 2.73. The number of aryl methyl sites for hydroxylation is 1. The number of sulfonamides is 1. The average molecular weight is 429 g/mol. The van der Waals surface area contributed by atoms with Crippen LogP contribution in [0.3, 0.4) is 0 Å². The smallest absolute Gasteiger partial charge is 0.321 e. The minimum Gasteiger partial charge on any atom is -0.455 e. The van der Waals surface area contributed by atoms with Crippen molar-refractivity contribution in [1.29, 1.82) is 5.26 Å². The molecule has 1 amide bonds. The Kier molecular flexibility index (Phi) is 8.09. The molecule has 2 aromatic carbocycles. The van der Waals surface area contributed by atoms with Crippen LogP contribution >= 0.6 is 0 Å². The molecule has 2 rings (SSSR count). The van der Waals surface area contributed by atoms with Crippen LogP contribution in [0.15, 0.2) is 59.5 Å². The molecule has 158 valence electrons. The second-order valence-corrected chi connectivity index (χ2v) is 8.57. The van der Waals surface area contributed by atoms with Gasteiger partial charge >= 0.3 is 5.97 Å². The zero-order valence-electron chi connectivity index (χ0n) is 16.8. The van der Waals surface area contributed by atoms with Gasteiger partial charge in [-0.3, -0.25) is 9.59 Å². The molecule has 0 aliphatic heterocycles. The van der Waals surface area contributed by atoms with Gasteiger partial charge in [-0.05, 0) is 31.2 Å². The number of anilines is 1. The summed E-state index contributed by atoms with van der Waals surface area (Å²) >= 11 is 0. The summed E-state index contributed by atoms with van der Waals surface area (Å²) in [6.07, 6.45) is 0.117. The van der Waals surface area contributed by atoms with E-state index in [0.29, 0.717) is 5.69 Å². The van der Waals surface area contributed by atoms with Gasteiger partial charge in [0.05, 0.1) is 17.4 Å². The number of benzene rings is 2. The summed E-state index contributed by atoms with van der Waals surface area (Å²) in [7, 11) is -2.59. The monoisotopic (exact) mass is 429 g/mol. The summed E-state index contributed by atoms with van der Waals surface area (Å²) in [5.74, 6) is -1.36. The number of carbonyl (C=O) groups excluding carboxylic acids is 2. The third-order valence-corrected chi connectivity index (χ3v) is 6.07. The molecular formula is C21H23N3O5S. The maximum Gasteiger partial charge on any atom is 0.321 e. The summed E-state index contributed by atoms with van der Waals surface area (Å²) in [4.78, 5) is 26.0. The van der Waals surface area contributed by atoms with E-state index in [1.54, 1.807) is 42.5 Å². The molecule has 0 atom stereocenters. The van der Waals surface area contributed by atoms with Crippen molar-refractivity contribution >= 4 is 27.6 Å². The number of amides is 1. The number of nitrogens with zero attached hydrogens (tertiary/aromatic N) is 3. The number of para-hydroxylation sites is 1. The number of hydrogen-bond acceptors (Lipinski definition) is 6. The molecule has 9 heteroatoms. The van der Waals surface area contributed by atoms with Gasteiger partial charge in [0.15, 0.2) is 6.61 Å². The number of carbonyl (C=O) groups is 2. The van der Waals surface area contributed by atoms with Crippen LogP contribution in [-0.4, -0.2) is 51.3 Å². The molecule has 0 saturated carbocycles. The number of nitriles is 1. The summed E-state index contributed by atoms with van der Waals surface area (Å²) in [6.45, 7) is 0.896. The van der Waals surface area contributed by atoms with Gasteiger partial charge in [0.2, 0.25) is 10.0 Å². The van der Waals surface area contributed by atoms with Crippen LogP contribution in [0, 0.1) is 18.3 Å². The predicted molar refractivity (Wildman–Crippen MR) is 111 cm³/mol.